The maximum Gasteiger partial charge on any atom is 0.266 e. The van der Waals surface area contributed by atoms with E-state index in [-0.39, 0.29) is 0 Å². The van der Waals surface area contributed by atoms with E-state index in [2.05, 4.69) is 30.4 Å². The molecule has 44 heavy (non-hydrogen) atoms. The Hall–Kier alpha value is -6.42. The molecule has 6 heterocycles. The average Bonchev–Trinajstić information content (AvgIpc) is 3.80. The quantitative estimate of drug-likeness (QED) is 0.202. The van der Waals surface area contributed by atoms with E-state index >= 15 is 0 Å². The van der Waals surface area contributed by atoms with E-state index in [0.717, 1.165) is 44.4 Å². The molecular weight excluding hydrogens is 552 g/mol. The molecule has 8 aromatic rings. The van der Waals surface area contributed by atoms with E-state index in [1.165, 1.54) is 0 Å². The van der Waals surface area contributed by atoms with Crippen molar-refractivity contribution in [2.45, 2.75) is 0 Å². The van der Waals surface area contributed by atoms with Gasteiger partial charge in [-0.2, -0.15) is 0 Å². The molecule has 0 spiro atoms. The zero-order chi connectivity index (χ0) is 29.3. The first-order chi connectivity index (χ1) is 21.8. The largest absolute Gasteiger partial charge is 0.415 e. The van der Waals surface area contributed by atoms with Gasteiger partial charge in [0.15, 0.2) is 0 Å². The molecule has 0 radical (unpaired) electrons. The Bertz CT molecular complexity index is 2090. The van der Waals surface area contributed by atoms with Crippen molar-refractivity contribution in [3.05, 3.63) is 122 Å². The summed E-state index contributed by atoms with van der Waals surface area (Å²) < 4.78 is 12.3. The van der Waals surface area contributed by atoms with Gasteiger partial charge in [0.1, 0.15) is 11.4 Å². The molecule has 0 aliphatic rings. The van der Waals surface area contributed by atoms with Crippen molar-refractivity contribution in [1.82, 2.24) is 40.3 Å². The molecule has 208 valence electrons. The molecule has 10 nitrogen and oxygen atoms in total. The van der Waals surface area contributed by atoms with Crippen LogP contribution in [0.3, 0.4) is 0 Å². The summed E-state index contributed by atoms with van der Waals surface area (Å²) >= 11 is 0. The van der Waals surface area contributed by atoms with Gasteiger partial charge in [0.25, 0.3) is 11.8 Å². The zero-order valence-electron chi connectivity index (χ0n) is 22.9. The highest BCUT2D eigenvalue weighted by Crippen LogP contribution is 2.36. The van der Waals surface area contributed by atoms with Crippen molar-refractivity contribution in [3.8, 4) is 68.6 Å². The van der Waals surface area contributed by atoms with Crippen LogP contribution in [0.5, 0.6) is 0 Å². The predicted octanol–water partition coefficient (Wildman–Crippen LogP) is 7.19. The second-order valence-corrected chi connectivity index (χ2v) is 9.83. The van der Waals surface area contributed by atoms with E-state index in [0.29, 0.717) is 35.0 Å². The Balaban J connectivity index is 1.13. The molecule has 0 aliphatic heterocycles. The van der Waals surface area contributed by atoms with Gasteiger partial charge in [-0.3, -0.25) is 9.97 Å². The van der Waals surface area contributed by atoms with Crippen molar-refractivity contribution >= 4 is 10.8 Å². The first-order valence-corrected chi connectivity index (χ1v) is 13.8. The van der Waals surface area contributed by atoms with Crippen LogP contribution in [0.4, 0.5) is 0 Å². The molecule has 0 saturated carbocycles. The number of aromatic nitrogens is 8. The van der Waals surface area contributed by atoms with E-state index in [1.807, 2.05) is 97.1 Å². The van der Waals surface area contributed by atoms with Crippen molar-refractivity contribution in [1.29, 1.82) is 0 Å². The number of nitrogens with zero attached hydrogens (tertiary/aromatic N) is 8. The second-order valence-electron chi connectivity index (χ2n) is 9.83. The van der Waals surface area contributed by atoms with E-state index < -0.39 is 0 Å². The van der Waals surface area contributed by atoms with Gasteiger partial charge >= 0.3 is 0 Å². The lowest BCUT2D eigenvalue weighted by Gasteiger charge is -2.07. The molecule has 0 bridgehead atoms. The third kappa shape index (κ3) is 4.66. The summed E-state index contributed by atoms with van der Waals surface area (Å²) in [6.07, 6.45) is 6.98. The summed E-state index contributed by atoms with van der Waals surface area (Å²) in [7, 11) is 0. The zero-order valence-corrected chi connectivity index (χ0v) is 22.9. The van der Waals surface area contributed by atoms with Gasteiger partial charge in [0, 0.05) is 47.0 Å². The molecular formula is C34H20N8O2. The Morgan fingerprint density at radius 2 is 0.841 bits per heavy atom. The lowest BCUT2D eigenvalue weighted by molar-refractivity contribution is 0.581. The van der Waals surface area contributed by atoms with Crippen LogP contribution in [0.25, 0.3) is 79.4 Å². The highest BCUT2D eigenvalue weighted by atomic mass is 16.4. The van der Waals surface area contributed by atoms with Gasteiger partial charge in [-0.05, 0) is 71.4 Å². The molecule has 8 rings (SSSR count). The number of hydrogen-bond acceptors (Lipinski definition) is 10. The molecule has 0 aliphatic carbocycles. The molecule has 0 saturated heterocycles. The Morgan fingerprint density at radius 3 is 1.30 bits per heavy atom. The molecule has 0 amide bonds. The van der Waals surface area contributed by atoms with Gasteiger partial charge < -0.3 is 8.83 Å². The topological polar surface area (TPSA) is 129 Å². The monoisotopic (exact) mass is 572 g/mol. The van der Waals surface area contributed by atoms with Gasteiger partial charge in [-0.25, -0.2) is 9.97 Å². The summed E-state index contributed by atoms with van der Waals surface area (Å²) in [6, 6.07) is 30.7. The smallest absolute Gasteiger partial charge is 0.266 e. The first-order valence-electron chi connectivity index (χ1n) is 13.8. The fraction of sp³-hybridized carbons (Fsp3) is 0. The number of pyridine rings is 4. The maximum absolute atomic E-state index is 6.15. The lowest BCUT2D eigenvalue weighted by atomic mass is 9.99. The highest BCUT2D eigenvalue weighted by molar-refractivity contribution is 6.02. The summed E-state index contributed by atoms with van der Waals surface area (Å²) in [4.78, 5) is 17.8. The third-order valence-corrected chi connectivity index (χ3v) is 7.09. The van der Waals surface area contributed by atoms with Gasteiger partial charge in [-0.1, -0.05) is 36.4 Å². The van der Waals surface area contributed by atoms with Crippen molar-refractivity contribution in [2.24, 2.45) is 0 Å². The maximum atomic E-state index is 6.15. The number of fused-ring (bicyclic) bond motifs is 1. The summed E-state index contributed by atoms with van der Waals surface area (Å²) in [5.74, 6) is 1.39. The van der Waals surface area contributed by atoms with Crippen LogP contribution >= 0.6 is 0 Å². The van der Waals surface area contributed by atoms with Gasteiger partial charge in [0.05, 0.1) is 11.4 Å². The molecule has 0 fully saturated rings. The van der Waals surface area contributed by atoms with Crippen molar-refractivity contribution in [2.75, 3.05) is 0 Å². The van der Waals surface area contributed by atoms with Crippen LogP contribution in [0, 0.1) is 0 Å². The minimum Gasteiger partial charge on any atom is -0.415 e. The third-order valence-electron chi connectivity index (χ3n) is 7.09. The van der Waals surface area contributed by atoms with Crippen molar-refractivity contribution < 1.29 is 8.83 Å². The minimum absolute atomic E-state index is 0.321. The molecule has 0 N–H and O–H groups in total. The molecule has 2 aromatic carbocycles. The van der Waals surface area contributed by atoms with Crippen LogP contribution in [0.2, 0.25) is 0 Å². The van der Waals surface area contributed by atoms with E-state index in [1.54, 1.807) is 24.8 Å². The second kappa shape index (κ2) is 10.8. The minimum atomic E-state index is 0.321. The number of hydrogen-bond donors (Lipinski definition) is 0. The molecule has 0 atom stereocenters. The molecule has 10 heteroatoms. The van der Waals surface area contributed by atoms with Crippen LogP contribution in [-0.2, 0) is 0 Å². The molecule has 6 aromatic heterocycles. The summed E-state index contributed by atoms with van der Waals surface area (Å²) in [6.45, 7) is 0. The first kappa shape index (κ1) is 25.3. The van der Waals surface area contributed by atoms with Gasteiger partial charge in [-0.15, -0.1) is 20.4 Å². The Kier molecular flexibility index (Phi) is 6.19. The standard InChI is InChI=1S/C34H20N8O2/c1-2-10-24-23(9-1)25(31-39-41-33(43-31)29-13-3-11-27(37-29)21-7-5-17-35-19-21)15-16-26(24)32-40-42-34(44-32)30-14-4-12-28(38-30)22-8-6-18-36-20-22/h1-20H. The van der Waals surface area contributed by atoms with Gasteiger partial charge in [0.2, 0.25) is 11.8 Å². The van der Waals surface area contributed by atoms with Crippen molar-refractivity contribution in [3.63, 3.8) is 0 Å². The lowest BCUT2D eigenvalue weighted by Crippen LogP contribution is -1.88. The Labute approximate surface area is 250 Å². The van der Waals surface area contributed by atoms with E-state index in [9.17, 15) is 0 Å². The van der Waals surface area contributed by atoms with Crippen LogP contribution in [-0.4, -0.2) is 40.3 Å². The molecule has 0 unspecified atom stereocenters. The Morgan fingerprint density at radius 1 is 0.386 bits per heavy atom. The van der Waals surface area contributed by atoms with E-state index in [4.69, 9.17) is 18.8 Å². The highest BCUT2D eigenvalue weighted by Gasteiger charge is 2.19. The number of benzene rings is 2. The number of rotatable bonds is 6. The van der Waals surface area contributed by atoms with Crippen LogP contribution in [0.15, 0.2) is 131 Å². The fourth-order valence-electron chi connectivity index (χ4n) is 5.00. The summed E-state index contributed by atoms with van der Waals surface area (Å²) in [5.41, 5.74) is 6.03. The fourth-order valence-corrected chi connectivity index (χ4v) is 5.00. The van der Waals surface area contributed by atoms with Crippen LogP contribution < -0.4 is 0 Å². The SMILES string of the molecule is c1cncc(-c2cccc(-c3nnc(-c4ccc(-c5nnc(-c6cccc(-c7cccnc7)n6)o5)c5ccccc45)o3)n2)c1. The average molecular weight is 573 g/mol. The summed E-state index contributed by atoms with van der Waals surface area (Å²) in [5, 5.41) is 19.1. The normalized spacial score (nSPS) is 11.2. The predicted molar refractivity (Wildman–Crippen MR) is 163 cm³/mol. The van der Waals surface area contributed by atoms with Crippen LogP contribution in [0.1, 0.15) is 0 Å².